The Morgan fingerprint density at radius 3 is 3.07 bits per heavy atom. The van der Waals surface area contributed by atoms with Gasteiger partial charge in [0.2, 0.25) is 0 Å². The standard InChI is InChI=1S/C20H25N7O/c1-21-20(23-11-17-16-6-4-3-5-14(16)9-10-22-17)24-15-7-8-19-25-18(13-28-2)26-27(19)12-15/h3-6,9-10,15H,7-8,11-13H2,1-2H3,(H2,21,23,24). The number of hydrogen-bond donors (Lipinski definition) is 2. The summed E-state index contributed by atoms with van der Waals surface area (Å²) in [7, 11) is 3.44. The maximum Gasteiger partial charge on any atom is 0.191 e. The van der Waals surface area contributed by atoms with Crippen molar-refractivity contribution in [2.24, 2.45) is 4.99 Å². The summed E-state index contributed by atoms with van der Waals surface area (Å²) < 4.78 is 7.10. The Morgan fingerprint density at radius 1 is 1.32 bits per heavy atom. The van der Waals surface area contributed by atoms with Gasteiger partial charge in [0.25, 0.3) is 0 Å². The summed E-state index contributed by atoms with van der Waals surface area (Å²) in [6, 6.07) is 10.6. The number of pyridine rings is 1. The largest absolute Gasteiger partial charge is 0.377 e. The molecule has 0 spiro atoms. The number of nitrogens with zero attached hydrogens (tertiary/aromatic N) is 5. The summed E-state index contributed by atoms with van der Waals surface area (Å²) >= 11 is 0. The van der Waals surface area contributed by atoms with Gasteiger partial charge in [-0.15, -0.1) is 0 Å². The van der Waals surface area contributed by atoms with Crippen LogP contribution in [0.1, 0.15) is 23.8 Å². The molecule has 0 amide bonds. The molecule has 3 aromatic rings. The third-order valence-electron chi connectivity index (χ3n) is 4.92. The highest BCUT2D eigenvalue weighted by atomic mass is 16.5. The van der Waals surface area contributed by atoms with Crippen molar-refractivity contribution < 1.29 is 4.74 Å². The quantitative estimate of drug-likeness (QED) is 0.518. The molecule has 8 heteroatoms. The van der Waals surface area contributed by atoms with Gasteiger partial charge in [0.05, 0.1) is 18.8 Å². The average molecular weight is 379 g/mol. The second-order valence-corrected chi connectivity index (χ2v) is 6.84. The lowest BCUT2D eigenvalue weighted by Gasteiger charge is -2.25. The van der Waals surface area contributed by atoms with Crippen molar-refractivity contribution in [2.45, 2.75) is 38.6 Å². The third-order valence-corrected chi connectivity index (χ3v) is 4.92. The molecule has 0 saturated carbocycles. The first-order valence-corrected chi connectivity index (χ1v) is 9.48. The molecule has 0 radical (unpaired) electrons. The second-order valence-electron chi connectivity index (χ2n) is 6.84. The van der Waals surface area contributed by atoms with Gasteiger partial charge in [-0.05, 0) is 17.9 Å². The lowest BCUT2D eigenvalue weighted by molar-refractivity contribution is 0.177. The zero-order valence-electron chi connectivity index (χ0n) is 16.2. The van der Waals surface area contributed by atoms with Gasteiger partial charge in [-0.25, -0.2) is 9.67 Å². The van der Waals surface area contributed by atoms with Crippen molar-refractivity contribution in [3.05, 3.63) is 53.9 Å². The van der Waals surface area contributed by atoms with Gasteiger partial charge >= 0.3 is 0 Å². The number of rotatable bonds is 5. The van der Waals surface area contributed by atoms with Crippen LogP contribution in [0.15, 0.2) is 41.5 Å². The maximum absolute atomic E-state index is 5.13. The van der Waals surface area contributed by atoms with E-state index < -0.39 is 0 Å². The Labute approximate surface area is 164 Å². The molecule has 0 fully saturated rings. The molecule has 0 bridgehead atoms. The predicted molar refractivity (Wildman–Crippen MR) is 108 cm³/mol. The van der Waals surface area contributed by atoms with E-state index >= 15 is 0 Å². The number of methoxy groups -OCH3 is 1. The second kappa shape index (κ2) is 8.35. The van der Waals surface area contributed by atoms with E-state index in [9.17, 15) is 0 Å². The van der Waals surface area contributed by atoms with Crippen LogP contribution in [0.3, 0.4) is 0 Å². The van der Waals surface area contributed by atoms with Gasteiger partial charge in [-0.3, -0.25) is 9.98 Å². The summed E-state index contributed by atoms with van der Waals surface area (Å²) in [6.07, 6.45) is 3.72. The first-order chi connectivity index (χ1) is 13.8. The van der Waals surface area contributed by atoms with Gasteiger partial charge in [-0.2, -0.15) is 5.10 Å². The number of aryl methyl sites for hydroxylation is 1. The molecule has 146 valence electrons. The number of benzene rings is 1. The molecule has 3 heterocycles. The topological polar surface area (TPSA) is 89.2 Å². The van der Waals surface area contributed by atoms with Crippen molar-refractivity contribution in [1.82, 2.24) is 30.4 Å². The van der Waals surface area contributed by atoms with Gasteiger partial charge in [0.1, 0.15) is 12.4 Å². The number of aliphatic imine (C=N–C) groups is 1. The fourth-order valence-electron chi connectivity index (χ4n) is 3.55. The summed E-state index contributed by atoms with van der Waals surface area (Å²) in [4.78, 5) is 13.4. The molecule has 0 saturated heterocycles. The van der Waals surface area contributed by atoms with Gasteiger partial charge in [0, 0.05) is 38.2 Å². The fraction of sp³-hybridized carbons (Fsp3) is 0.400. The van der Waals surface area contributed by atoms with Crippen molar-refractivity contribution >= 4 is 16.7 Å². The Morgan fingerprint density at radius 2 is 2.21 bits per heavy atom. The van der Waals surface area contributed by atoms with Crippen molar-refractivity contribution in [3.8, 4) is 0 Å². The Hall–Kier alpha value is -3.00. The van der Waals surface area contributed by atoms with Crippen LogP contribution in [0.25, 0.3) is 10.8 Å². The van der Waals surface area contributed by atoms with Crippen LogP contribution in [0.2, 0.25) is 0 Å². The molecule has 1 unspecified atom stereocenters. The van der Waals surface area contributed by atoms with Crippen molar-refractivity contribution in [2.75, 3.05) is 14.2 Å². The maximum atomic E-state index is 5.13. The van der Waals surface area contributed by atoms with Gasteiger partial charge in [-0.1, -0.05) is 24.3 Å². The SMILES string of the molecule is CN=C(NCc1nccc2ccccc12)NC1CCc2nc(COC)nn2C1. The monoisotopic (exact) mass is 379 g/mol. The van der Waals surface area contributed by atoms with Crippen LogP contribution >= 0.6 is 0 Å². The number of aromatic nitrogens is 4. The van der Waals surface area contributed by atoms with E-state index in [-0.39, 0.29) is 6.04 Å². The molecule has 1 aliphatic rings. The van der Waals surface area contributed by atoms with E-state index in [0.717, 1.165) is 48.1 Å². The van der Waals surface area contributed by atoms with Crippen LogP contribution in [0, 0.1) is 0 Å². The molecule has 0 aliphatic carbocycles. The number of hydrogen-bond acceptors (Lipinski definition) is 5. The molecule has 2 N–H and O–H groups in total. The van der Waals surface area contributed by atoms with Crippen LogP contribution < -0.4 is 10.6 Å². The van der Waals surface area contributed by atoms with E-state index in [1.54, 1.807) is 14.2 Å². The Kier molecular flexibility index (Phi) is 5.48. The molecule has 8 nitrogen and oxygen atoms in total. The lowest BCUT2D eigenvalue weighted by Crippen LogP contribution is -2.46. The van der Waals surface area contributed by atoms with E-state index in [4.69, 9.17) is 4.74 Å². The summed E-state index contributed by atoms with van der Waals surface area (Å²) in [5.74, 6) is 2.52. The summed E-state index contributed by atoms with van der Waals surface area (Å²) in [5.41, 5.74) is 1.01. The third kappa shape index (κ3) is 3.96. The normalized spacial score (nSPS) is 16.8. The minimum Gasteiger partial charge on any atom is -0.377 e. The first kappa shape index (κ1) is 18.4. The number of guanidine groups is 1. The minimum absolute atomic E-state index is 0.247. The first-order valence-electron chi connectivity index (χ1n) is 9.48. The van der Waals surface area contributed by atoms with Crippen LogP contribution in [0.4, 0.5) is 0 Å². The van der Waals surface area contributed by atoms with E-state index in [2.05, 4.69) is 42.8 Å². The Bertz CT molecular complexity index is 976. The molecule has 1 aromatic carbocycles. The van der Waals surface area contributed by atoms with Crippen LogP contribution in [0.5, 0.6) is 0 Å². The van der Waals surface area contributed by atoms with E-state index in [1.165, 1.54) is 5.39 Å². The zero-order chi connectivity index (χ0) is 19.3. The van der Waals surface area contributed by atoms with E-state index in [0.29, 0.717) is 13.2 Å². The number of ether oxygens (including phenoxy) is 1. The van der Waals surface area contributed by atoms with Crippen LogP contribution in [-0.2, 0) is 30.9 Å². The summed E-state index contributed by atoms with van der Waals surface area (Å²) in [5, 5.41) is 13.8. The Balaban J connectivity index is 1.38. The minimum atomic E-state index is 0.247. The molecule has 28 heavy (non-hydrogen) atoms. The van der Waals surface area contributed by atoms with E-state index in [1.807, 2.05) is 29.1 Å². The average Bonchev–Trinajstić information content (AvgIpc) is 3.13. The molecule has 4 rings (SSSR count). The molecule has 1 atom stereocenters. The molecular formula is C20H25N7O. The van der Waals surface area contributed by atoms with Crippen molar-refractivity contribution in [1.29, 1.82) is 0 Å². The van der Waals surface area contributed by atoms with Crippen LogP contribution in [-0.4, -0.2) is 45.9 Å². The molecule has 2 aromatic heterocycles. The smallest absolute Gasteiger partial charge is 0.191 e. The zero-order valence-corrected chi connectivity index (χ0v) is 16.2. The lowest BCUT2D eigenvalue weighted by atomic mass is 10.1. The van der Waals surface area contributed by atoms with Gasteiger partial charge < -0.3 is 15.4 Å². The highest BCUT2D eigenvalue weighted by Gasteiger charge is 2.22. The summed E-state index contributed by atoms with van der Waals surface area (Å²) in [6.45, 7) is 1.82. The number of fused-ring (bicyclic) bond motifs is 2. The number of nitrogens with one attached hydrogen (secondary N) is 2. The van der Waals surface area contributed by atoms with Crippen molar-refractivity contribution in [3.63, 3.8) is 0 Å². The highest BCUT2D eigenvalue weighted by Crippen LogP contribution is 2.16. The molecular weight excluding hydrogens is 354 g/mol. The van der Waals surface area contributed by atoms with Gasteiger partial charge in [0.15, 0.2) is 11.8 Å². The highest BCUT2D eigenvalue weighted by molar-refractivity contribution is 5.85. The fourth-order valence-corrected chi connectivity index (χ4v) is 3.55. The molecule has 1 aliphatic heterocycles. The predicted octanol–water partition coefficient (Wildman–Crippen LogP) is 1.65.